The van der Waals surface area contributed by atoms with Crippen LogP contribution in [0.2, 0.25) is 0 Å². The molecule has 0 aliphatic carbocycles. The van der Waals surface area contributed by atoms with Crippen molar-refractivity contribution in [1.29, 1.82) is 0 Å². The Hall–Kier alpha value is -1.92. The molecule has 0 spiro atoms. The van der Waals surface area contributed by atoms with E-state index in [1.165, 1.54) is 0 Å². The molecule has 2 atom stereocenters. The van der Waals surface area contributed by atoms with Gasteiger partial charge in [0.25, 0.3) is 0 Å². The lowest BCUT2D eigenvalue weighted by Gasteiger charge is -2.26. The van der Waals surface area contributed by atoms with E-state index in [1.54, 1.807) is 25.3 Å². The summed E-state index contributed by atoms with van der Waals surface area (Å²) >= 11 is 0. The number of fused-ring (bicyclic) bond motifs is 1. The predicted molar refractivity (Wildman–Crippen MR) is 72.0 cm³/mol. The number of H-pyrrole nitrogens is 1. The molecule has 1 aliphatic heterocycles. The highest BCUT2D eigenvalue weighted by Gasteiger charge is 2.43. The third kappa shape index (κ3) is 1.97. The standard InChI is InChI=1S/C14H16N2O4/c1-14(19-2)7-20-6-9(14)12-15-10-4-3-8(13(17)18)5-11(10)16-12/h3-5,9H,6-7H2,1-2H3,(H,15,16)(H,17,18). The van der Waals surface area contributed by atoms with Crippen LogP contribution in [0.4, 0.5) is 0 Å². The van der Waals surface area contributed by atoms with E-state index < -0.39 is 11.6 Å². The molecule has 2 unspecified atom stereocenters. The molecule has 1 aromatic carbocycles. The van der Waals surface area contributed by atoms with Gasteiger partial charge in [0.15, 0.2) is 0 Å². The minimum absolute atomic E-state index is 0.00757. The number of hydrogen-bond donors (Lipinski definition) is 2. The molecule has 1 fully saturated rings. The van der Waals surface area contributed by atoms with Crippen LogP contribution in [0, 0.1) is 0 Å². The van der Waals surface area contributed by atoms with Gasteiger partial charge in [0.2, 0.25) is 0 Å². The van der Waals surface area contributed by atoms with Crippen LogP contribution < -0.4 is 0 Å². The van der Waals surface area contributed by atoms with Gasteiger partial charge in [0.05, 0.1) is 35.7 Å². The molecule has 2 N–H and O–H groups in total. The maximum Gasteiger partial charge on any atom is 0.335 e. The van der Waals surface area contributed by atoms with E-state index in [-0.39, 0.29) is 11.5 Å². The Balaban J connectivity index is 2.03. The van der Waals surface area contributed by atoms with E-state index in [9.17, 15) is 4.79 Å². The van der Waals surface area contributed by atoms with Crippen molar-refractivity contribution in [1.82, 2.24) is 9.97 Å². The highest BCUT2D eigenvalue weighted by atomic mass is 16.5. The molecular weight excluding hydrogens is 260 g/mol. The molecular formula is C14H16N2O4. The number of carbonyl (C=O) groups is 1. The number of aromatic amines is 1. The van der Waals surface area contributed by atoms with E-state index in [1.807, 2.05) is 6.92 Å². The second kappa shape index (κ2) is 4.57. The Morgan fingerprint density at radius 2 is 2.40 bits per heavy atom. The number of rotatable bonds is 3. The number of carboxylic acids is 1. The molecule has 2 aromatic rings. The van der Waals surface area contributed by atoms with E-state index in [4.69, 9.17) is 14.6 Å². The van der Waals surface area contributed by atoms with Crippen molar-refractivity contribution in [2.75, 3.05) is 20.3 Å². The number of methoxy groups -OCH3 is 1. The number of aromatic carboxylic acids is 1. The fraction of sp³-hybridized carbons (Fsp3) is 0.429. The van der Waals surface area contributed by atoms with Crippen LogP contribution >= 0.6 is 0 Å². The second-order valence-corrected chi connectivity index (χ2v) is 5.24. The Labute approximate surface area is 115 Å². The van der Waals surface area contributed by atoms with E-state index in [2.05, 4.69) is 9.97 Å². The number of nitrogens with zero attached hydrogens (tertiary/aromatic N) is 1. The number of imidazole rings is 1. The van der Waals surface area contributed by atoms with Gasteiger partial charge in [-0.2, -0.15) is 0 Å². The van der Waals surface area contributed by atoms with E-state index >= 15 is 0 Å². The Bertz CT molecular complexity index is 666. The Morgan fingerprint density at radius 1 is 1.60 bits per heavy atom. The van der Waals surface area contributed by atoms with Gasteiger partial charge in [-0.3, -0.25) is 0 Å². The number of benzene rings is 1. The molecule has 0 bridgehead atoms. The predicted octanol–water partition coefficient (Wildman–Crippen LogP) is 1.78. The van der Waals surface area contributed by atoms with Crippen LogP contribution in [0.5, 0.6) is 0 Å². The van der Waals surface area contributed by atoms with E-state index in [0.717, 1.165) is 11.3 Å². The fourth-order valence-electron chi connectivity index (χ4n) is 2.55. The minimum atomic E-state index is -0.950. The van der Waals surface area contributed by atoms with Crippen molar-refractivity contribution >= 4 is 17.0 Å². The molecule has 2 heterocycles. The van der Waals surface area contributed by atoms with Gasteiger partial charge in [0, 0.05) is 7.11 Å². The van der Waals surface area contributed by atoms with Crippen LogP contribution in [0.15, 0.2) is 18.2 Å². The molecule has 6 nitrogen and oxygen atoms in total. The average Bonchev–Trinajstić information content (AvgIpc) is 3.01. The van der Waals surface area contributed by atoms with Gasteiger partial charge >= 0.3 is 5.97 Å². The zero-order valence-electron chi connectivity index (χ0n) is 11.3. The Kier molecular flexibility index (Phi) is 2.99. The SMILES string of the molecule is COC1(C)COCC1c1nc2ccc(C(=O)O)cc2[nH]1. The van der Waals surface area contributed by atoms with Crippen molar-refractivity contribution in [2.24, 2.45) is 0 Å². The van der Waals surface area contributed by atoms with Gasteiger partial charge in [-0.05, 0) is 25.1 Å². The lowest BCUT2D eigenvalue weighted by atomic mass is 9.92. The summed E-state index contributed by atoms with van der Waals surface area (Å²) in [5, 5.41) is 9.01. The first-order valence-corrected chi connectivity index (χ1v) is 6.39. The van der Waals surface area contributed by atoms with Crippen molar-refractivity contribution in [3.63, 3.8) is 0 Å². The fourth-order valence-corrected chi connectivity index (χ4v) is 2.55. The first kappa shape index (κ1) is 13.1. The van der Waals surface area contributed by atoms with Crippen molar-refractivity contribution in [2.45, 2.75) is 18.4 Å². The van der Waals surface area contributed by atoms with Crippen LogP contribution in [-0.2, 0) is 9.47 Å². The zero-order chi connectivity index (χ0) is 14.3. The van der Waals surface area contributed by atoms with Gasteiger partial charge in [-0.15, -0.1) is 0 Å². The molecule has 20 heavy (non-hydrogen) atoms. The quantitative estimate of drug-likeness (QED) is 0.892. The zero-order valence-corrected chi connectivity index (χ0v) is 11.3. The molecule has 6 heteroatoms. The molecule has 106 valence electrons. The third-order valence-corrected chi connectivity index (χ3v) is 3.95. The van der Waals surface area contributed by atoms with Crippen LogP contribution in [0.25, 0.3) is 11.0 Å². The summed E-state index contributed by atoms with van der Waals surface area (Å²) in [6.07, 6.45) is 0. The summed E-state index contributed by atoms with van der Waals surface area (Å²) in [5.41, 5.74) is 1.29. The number of nitrogens with one attached hydrogen (secondary N) is 1. The van der Waals surface area contributed by atoms with Crippen LogP contribution in [0.3, 0.4) is 0 Å². The second-order valence-electron chi connectivity index (χ2n) is 5.24. The number of aromatic nitrogens is 2. The smallest absolute Gasteiger partial charge is 0.335 e. The maximum atomic E-state index is 11.0. The van der Waals surface area contributed by atoms with Crippen LogP contribution in [-0.4, -0.2) is 47.0 Å². The highest BCUT2D eigenvalue weighted by molar-refractivity contribution is 5.92. The van der Waals surface area contributed by atoms with Crippen molar-refractivity contribution < 1.29 is 19.4 Å². The van der Waals surface area contributed by atoms with Crippen molar-refractivity contribution in [3.8, 4) is 0 Å². The number of hydrogen-bond acceptors (Lipinski definition) is 4. The maximum absolute atomic E-state index is 11.0. The first-order valence-electron chi connectivity index (χ1n) is 6.39. The summed E-state index contributed by atoms with van der Waals surface area (Å²) in [7, 11) is 1.66. The average molecular weight is 276 g/mol. The number of ether oxygens (including phenoxy) is 2. The van der Waals surface area contributed by atoms with Gasteiger partial charge in [0.1, 0.15) is 11.4 Å². The summed E-state index contributed by atoms with van der Waals surface area (Å²) in [6, 6.07) is 4.85. The lowest BCUT2D eigenvalue weighted by Crippen LogP contribution is -2.34. The van der Waals surface area contributed by atoms with Gasteiger partial charge in [-0.25, -0.2) is 9.78 Å². The lowest BCUT2D eigenvalue weighted by molar-refractivity contribution is -0.0114. The topological polar surface area (TPSA) is 84.4 Å². The molecule has 1 saturated heterocycles. The molecule has 0 radical (unpaired) electrons. The van der Waals surface area contributed by atoms with Crippen molar-refractivity contribution in [3.05, 3.63) is 29.6 Å². The Morgan fingerprint density at radius 3 is 3.10 bits per heavy atom. The normalized spacial score (nSPS) is 26.2. The van der Waals surface area contributed by atoms with Gasteiger partial charge < -0.3 is 19.6 Å². The minimum Gasteiger partial charge on any atom is -0.478 e. The molecule has 1 aromatic heterocycles. The summed E-state index contributed by atoms with van der Waals surface area (Å²) in [4.78, 5) is 18.7. The largest absolute Gasteiger partial charge is 0.478 e. The molecule has 3 rings (SSSR count). The number of carboxylic acid groups (broad SMARTS) is 1. The third-order valence-electron chi connectivity index (χ3n) is 3.95. The molecule has 1 aliphatic rings. The summed E-state index contributed by atoms with van der Waals surface area (Å²) in [6.45, 7) is 3.04. The first-order chi connectivity index (χ1) is 9.53. The molecule has 0 amide bonds. The summed E-state index contributed by atoms with van der Waals surface area (Å²) < 4.78 is 11.0. The molecule has 0 saturated carbocycles. The van der Waals surface area contributed by atoms with Crippen LogP contribution in [0.1, 0.15) is 29.0 Å². The highest BCUT2D eigenvalue weighted by Crippen LogP contribution is 2.36. The summed E-state index contributed by atoms with van der Waals surface area (Å²) in [5.74, 6) is -0.174. The monoisotopic (exact) mass is 276 g/mol. The van der Waals surface area contributed by atoms with E-state index in [0.29, 0.717) is 18.7 Å². The van der Waals surface area contributed by atoms with Gasteiger partial charge in [-0.1, -0.05) is 0 Å².